The first-order valence-corrected chi connectivity index (χ1v) is 12.6. The highest BCUT2D eigenvalue weighted by Gasteiger charge is 2.31. The van der Waals surface area contributed by atoms with E-state index < -0.39 is 11.8 Å². The van der Waals surface area contributed by atoms with Crippen LogP contribution < -0.4 is 0 Å². The minimum Gasteiger partial charge on any atom is -0.440 e. The molecule has 2 aliphatic rings. The lowest BCUT2D eigenvalue weighted by molar-refractivity contribution is -0.153. The SMILES string of the molecule is O=C(CCc1nc(-c2ccccc2)c(-c2ccccc2)o1)N1CCN(C(=O)C(=O)N2CCCC2)CC1. The van der Waals surface area contributed by atoms with Gasteiger partial charge in [-0.25, -0.2) is 4.98 Å². The fraction of sp³-hybridized carbons (Fsp3) is 0.357. The van der Waals surface area contributed by atoms with Crippen LogP contribution in [0.15, 0.2) is 65.1 Å². The Morgan fingerprint density at radius 2 is 1.22 bits per heavy atom. The lowest BCUT2D eigenvalue weighted by Crippen LogP contribution is -2.54. The third-order valence-electron chi connectivity index (χ3n) is 6.80. The smallest absolute Gasteiger partial charge is 0.312 e. The second-order valence-electron chi connectivity index (χ2n) is 9.19. The van der Waals surface area contributed by atoms with Gasteiger partial charge in [0.2, 0.25) is 5.91 Å². The van der Waals surface area contributed by atoms with Crippen molar-refractivity contribution in [3.05, 3.63) is 66.6 Å². The summed E-state index contributed by atoms with van der Waals surface area (Å²) in [5.41, 5.74) is 2.66. The molecule has 0 atom stereocenters. The molecule has 3 amide bonds. The van der Waals surface area contributed by atoms with Gasteiger partial charge in [0.1, 0.15) is 5.69 Å². The second-order valence-corrected chi connectivity index (χ2v) is 9.19. The quantitative estimate of drug-likeness (QED) is 0.517. The molecule has 0 saturated carbocycles. The molecule has 0 unspecified atom stereocenters. The van der Waals surface area contributed by atoms with Gasteiger partial charge in [0.15, 0.2) is 11.7 Å². The highest BCUT2D eigenvalue weighted by molar-refractivity contribution is 6.35. The van der Waals surface area contributed by atoms with Gasteiger partial charge in [-0.3, -0.25) is 14.4 Å². The number of amides is 3. The fourth-order valence-electron chi connectivity index (χ4n) is 4.77. The van der Waals surface area contributed by atoms with Crippen molar-refractivity contribution >= 4 is 17.7 Å². The molecule has 0 N–H and O–H groups in total. The van der Waals surface area contributed by atoms with Crippen molar-refractivity contribution in [2.45, 2.75) is 25.7 Å². The summed E-state index contributed by atoms with van der Waals surface area (Å²) in [7, 11) is 0. The monoisotopic (exact) mass is 486 g/mol. The van der Waals surface area contributed by atoms with Crippen LogP contribution in [0, 0.1) is 0 Å². The summed E-state index contributed by atoms with van der Waals surface area (Å²) in [6.07, 6.45) is 2.55. The molecule has 3 aromatic rings. The maximum absolute atomic E-state index is 12.9. The van der Waals surface area contributed by atoms with E-state index in [9.17, 15) is 14.4 Å². The topological polar surface area (TPSA) is 87.0 Å². The number of hydrogen-bond acceptors (Lipinski definition) is 5. The highest BCUT2D eigenvalue weighted by Crippen LogP contribution is 2.32. The van der Waals surface area contributed by atoms with Crippen molar-refractivity contribution in [2.75, 3.05) is 39.3 Å². The number of aryl methyl sites for hydroxylation is 1. The van der Waals surface area contributed by atoms with E-state index in [4.69, 9.17) is 9.40 Å². The average Bonchev–Trinajstić information content (AvgIpc) is 3.63. The lowest BCUT2D eigenvalue weighted by atomic mass is 10.1. The first kappa shape index (κ1) is 23.8. The molecule has 2 fully saturated rings. The third kappa shape index (κ3) is 5.17. The molecule has 36 heavy (non-hydrogen) atoms. The zero-order chi connectivity index (χ0) is 24.9. The molecule has 8 heteroatoms. The van der Waals surface area contributed by atoms with Gasteiger partial charge in [0.25, 0.3) is 0 Å². The molecular formula is C28H30N4O4. The van der Waals surface area contributed by atoms with Crippen molar-refractivity contribution < 1.29 is 18.8 Å². The molecule has 0 spiro atoms. The molecule has 0 radical (unpaired) electrons. The van der Waals surface area contributed by atoms with E-state index in [0.29, 0.717) is 57.3 Å². The summed E-state index contributed by atoms with van der Waals surface area (Å²) in [4.78, 5) is 47.5. The van der Waals surface area contributed by atoms with E-state index in [1.165, 1.54) is 0 Å². The molecule has 186 valence electrons. The van der Waals surface area contributed by atoms with E-state index >= 15 is 0 Å². The van der Waals surface area contributed by atoms with Gasteiger partial charge in [0.05, 0.1) is 0 Å². The first-order valence-electron chi connectivity index (χ1n) is 12.6. The van der Waals surface area contributed by atoms with Gasteiger partial charge in [-0.15, -0.1) is 0 Å². The zero-order valence-electron chi connectivity index (χ0n) is 20.3. The maximum Gasteiger partial charge on any atom is 0.312 e. The van der Waals surface area contributed by atoms with Crippen LogP contribution in [0.25, 0.3) is 22.6 Å². The van der Waals surface area contributed by atoms with Crippen molar-refractivity contribution in [3.63, 3.8) is 0 Å². The van der Waals surface area contributed by atoms with Crippen molar-refractivity contribution in [2.24, 2.45) is 0 Å². The Balaban J connectivity index is 1.20. The van der Waals surface area contributed by atoms with Crippen LogP contribution in [0.1, 0.15) is 25.2 Å². The third-order valence-corrected chi connectivity index (χ3v) is 6.80. The zero-order valence-corrected chi connectivity index (χ0v) is 20.3. The Morgan fingerprint density at radius 3 is 1.83 bits per heavy atom. The number of likely N-dealkylation sites (tertiary alicyclic amines) is 1. The number of oxazole rings is 1. The Bertz CT molecular complexity index is 1150. The summed E-state index contributed by atoms with van der Waals surface area (Å²) < 4.78 is 6.14. The van der Waals surface area contributed by atoms with Crippen LogP contribution >= 0.6 is 0 Å². The molecule has 2 aliphatic heterocycles. The number of nitrogens with zero attached hydrogens (tertiary/aromatic N) is 4. The van der Waals surface area contributed by atoms with Crippen LogP contribution in [0.3, 0.4) is 0 Å². The van der Waals surface area contributed by atoms with Crippen LogP contribution in [-0.2, 0) is 20.8 Å². The number of carbonyl (C=O) groups excluding carboxylic acids is 3. The Hall–Kier alpha value is -3.94. The minimum absolute atomic E-state index is 0.00584. The largest absolute Gasteiger partial charge is 0.440 e. The number of rotatable bonds is 5. The molecule has 2 aromatic carbocycles. The summed E-state index contributed by atoms with van der Waals surface area (Å²) >= 11 is 0. The molecule has 5 rings (SSSR count). The van der Waals surface area contributed by atoms with Gasteiger partial charge in [-0.1, -0.05) is 60.7 Å². The normalized spacial score (nSPS) is 15.8. The van der Waals surface area contributed by atoms with Gasteiger partial charge >= 0.3 is 11.8 Å². The van der Waals surface area contributed by atoms with Crippen molar-refractivity contribution in [3.8, 4) is 22.6 Å². The molecule has 1 aromatic heterocycles. The van der Waals surface area contributed by atoms with E-state index in [-0.39, 0.29) is 12.3 Å². The maximum atomic E-state index is 12.9. The predicted molar refractivity (Wildman–Crippen MR) is 135 cm³/mol. The van der Waals surface area contributed by atoms with Crippen LogP contribution in [-0.4, -0.2) is 76.7 Å². The van der Waals surface area contributed by atoms with Gasteiger partial charge in [-0.05, 0) is 12.8 Å². The molecule has 0 bridgehead atoms. The standard InChI is InChI=1S/C28H30N4O4/c33-24(30-17-19-32(20-18-30)28(35)27(34)31-15-7-8-16-31)14-13-23-29-25(21-9-3-1-4-10-21)26(36-23)22-11-5-2-6-12-22/h1-6,9-12H,7-8,13-20H2. The Morgan fingerprint density at radius 1 is 0.694 bits per heavy atom. The summed E-state index contributed by atoms with van der Waals surface area (Å²) in [5.74, 6) is 0.337. The summed E-state index contributed by atoms with van der Waals surface area (Å²) in [6.45, 7) is 2.91. The average molecular weight is 487 g/mol. The minimum atomic E-state index is -0.453. The lowest BCUT2D eigenvalue weighted by Gasteiger charge is -2.35. The summed E-state index contributed by atoms with van der Waals surface area (Å²) in [6, 6.07) is 19.7. The van der Waals surface area contributed by atoms with E-state index in [1.807, 2.05) is 60.7 Å². The van der Waals surface area contributed by atoms with Gasteiger partial charge in [0, 0.05) is 63.2 Å². The van der Waals surface area contributed by atoms with Gasteiger partial charge < -0.3 is 19.1 Å². The number of hydrogen-bond donors (Lipinski definition) is 0. The van der Waals surface area contributed by atoms with Crippen LogP contribution in [0.2, 0.25) is 0 Å². The molecule has 8 nitrogen and oxygen atoms in total. The summed E-state index contributed by atoms with van der Waals surface area (Å²) in [5, 5.41) is 0. The fourth-order valence-corrected chi connectivity index (χ4v) is 4.77. The predicted octanol–water partition coefficient (Wildman–Crippen LogP) is 3.23. The number of piperazine rings is 1. The number of benzene rings is 2. The van der Waals surface area contributed by atoms with Crippen LogP contribution in [0.5, 0.6) is 0 Å². The molecule has 3 heterocycles. The van der Waals surface area contributed by atoms with Crippen molar-refractivity contribution in [1.82, 2.24) is 19.7 Å². The molecule has 0 aliphatic carbocycles. The molecular weight excluding hydrogens is 456 g/mol. The Labute approximate surface area is 210 Å². The van der Waals surface area contributed by atoms with E-state index in [0.717, 1.165) is 29.7 Å². The van der Waals surface area contributed by atoms with Gasteiger partial charge in [-0.2, -0.15) is 0 Å². The van der Waals surface area contributed by atoms with E-state index in [2.05, 4.69) is 0 Å². The molecule has 2 saturated heterocycles. The number of aromatic nitrogens is 1. The first-order chi connectivity index (χ1) is 17.6. The van der Waals surface area contributed by atoms with Crippen molar-refractivity contribution in [1.29, 1.82) is 0 Å². The second kappa shape index (κ2) is 10.8. The highest BCUT2D eigenvalue weighted by atomic mass is 16.4. The van der Waals surface area contributed by atoms with Crippen LogP contribution in [0.4, 0.5) is 0 Å². The Kier molecular flexibility index (Phi) is 7.11. The number of carbonyl (C=O) groups is 3. The van der Waals surface area contributed by atoms with E-state index in [1.54, 1.807) is 14.7 Å².